The molecular formula is C12H12BrN3S. The molecule has 0 bridgehead atoms. The number of aryl methyl sites for hydroxylation is 1. The number of rotatable bonds is 2. The fraction of sp³-hybridized carbons (Fsp3) is 0.333. The molecule has 2 aromatic rings. The summed E-state index contributed by atoms with van der Waals surface area (Å²) in [5.74, 6) is 0.885. The number of halogens is 1. The molecule has 1 aliphatic carbocycles. The molecule has 0 saturated carbocycles. The molecule has 1 N–H and O–H groups in total. The summed E-state index contributed by atoms with van der Waals surface area (Å²) in [7, 11) is 0. The summed E-state index contributed by atoms with van der Waals surface area (Å²) in [5, 5.41) is 5.67. The second-order valence-electron chi connectivity index (χ2n) is 4.11. The highest BCUT2D eigenvalue weighted by atomic mass is 79.9. The van der Waals surface area contributed by atoms with Crippen molar-refractivity contribution in [2.75, 3.05) is 5.32 Å². The van der Waals surface area contributed by atoms with Crippen molar-refractivity contribution in [2.24, 2.45) is 0 Å². The van der Waals surface area contributed by atoms with Crippen LogP contribution in [0.3, 0.4) is 0 Å². The number of anilines is 1. The van der Waals surface area contributed by atoms with Crippen LogP contribution in [0.2, 0.25) is 0 Å². The van der Waals surface area contributed by atoms with E-state index in [2.05, 4.69) is 42.7 Å². The van der Waals surface area contributed by atoms with Crippen molar-refractivity contribution >= 4 is 33.1 Å². The Morgan fingerprint density at radius 2 is 2.35 bits per heavy atom. The van der Waals surface area contributed by atoms with Crippen LogP contribution in [0.15, 0.2) is 28.4 Å². The Balaban J connectivity index is 1.84. The fourth-order valence-corrected chi connectivity index (χ4v) is 3.52. The van der Waals surface area contributed by atoms with E-state index in [1.165, 1.54) is 29.7 Å². The van der Waals surface area contributed by atoms with Gasteiger partial charge in [0.15, 0.2) is 0 Å². The van der Waals surface area contributed by atoms with Crippen LogP contribution in [0.1, 0.15) is 29.3 Å². The number of nitrogens with one attached hydrogen (secondary N) is 1. The Labute approximate surface area is 112 Å². The third kappa shape index (κ3) is 2.35. The van der Waals surface area contributed by atoms with Gasteiger partial charge in [-0.15, -0.1) is 11.3 Å². The van der Waals surface area contributed by atoms with E-state index in [0.717, 1.165) is 10.4 Å². The van der Waals surface area contributed by atoms with Gasteiger partial charge in [0, 0.05) is 10.9 Å². The minimum Gasteiger partial charge on any atom is -0.363 e. The summed E-state index contributed by atoms with van der Waals surface area (Å²) in [6, 6.07) is 4.54. The Morgan fingerprint density at radius 1 is 1.41 bits per heavy atom. The zero-order valence-electron chi connectivity index (χ0n) is 9.19. The molecule has 2 aromatic heterocycles. The molecule has 2 heterocycles. The van der Waals surface area contributed by atoms with Gasteiger partial charge in [-0.2, -0.15) is 0 Å². The smallest absolute Gasteiger partial charge is 0.130 e. The molecule has 88 valence electrons. The van der Waals surface area contributed by atoms with Gasteiger partial charge < -0.3 is 5.32 Å². The highest BCUT2D eigenvalue weighted by Crippen LogP contribution is 2.35. The first-order valence-electron chi connectivity index (χ1n) is 5.63. The number of fused-ring (bicyclic) bond motifs is 1. The predicted molar refractivity (Wildman–Crippen MR) is 73.4 cm³/mol. The summed E-state index contributed by atoms with van der Waals surface area (Å²) in [6.45, 7) is 0. The molecule has 0 fully saturated rings. The third-order valence-corrected chi connectivity index (χ3v) is 4.44. The van der Waals surface area contributed by atoms with Crippen molar-refractivity contribution in [3.8, 4) is 0 Å². The van der Waals surface area contributed by atoms with Crippen LogP contribution in [-0.2, 0) is 6.42 Å². The highest BCUT2D eigenvalue weighted by molar-refractivity contribution is 9.10. The summed E-state index contributed by atoms with van der Waals surface area (Å²) in [4.78, 5) is 9.79. The normalized spacial score (nSPS) is 18.8. The van der Waals surface area contributed by atoms with Crippen LogP contribution in [-0.4, -0.2) is 9.97 Å². The first-order chi connectivity index (χ1) is 8.33. The third-order valence-electron chi connectivity index (χ3n) is 3.01. The van der Waals surface area contributed by atoms with Crippen LogP contribution in [0.25, 0.3) is 0 Å². The number of nitrogens with zero attached hydrogens (tertiary/aromatic N) is 2. The van der Waals surface area contributed by atoms with Gasteiger partial charge in [0.2, 0.25) is 0 Å². The lowest BCUT2D eigenvalue weighted by atomic mass is 9.94. The molecule has 3 rings (SSSR count). The number of hydrogen-bond donors (Lipinski definition) is 1. The monoisotopic (exact) mass is 309 g/mol. The summed E-state index contributed by atoms with van der Waals surface area (Å²) in [6.07, 6.45) is 5.21. The topological polar surface area (TPSA) is 37.8 Å². The van der Waals surface area contributed by atoms with Crippen LogP contribution in [0.5, 0.6) is 0 Å². The van der Waals surface area contributed by atoms with E-state index in [9.17, 15) is 0 Å². The SMILES string of the molecule is Brc1cc(NC2CCCc3sccc32)ncn1. The first-order valence-corrected chi connectivity index (χ1v) is 7.30. The minimum atomic E-state index is 0.395. The average molecular weight is 310 g/mol. The van der Waals surface area contributed by atoms with Crippen LogP contribution in [0.4, 0.5) is 5.82 Å². The minimum absolute atomic E-state index is 0.395. The Bertz CT molecular complexity index is 526. The molecule has 0 amide bonds. The largest absolute Gasteiger partial charge is 0.363 e. The van der Waals surface area contributed by atoms with Crippen molar-refractivity contribution in [1.82, 2.24) is 9.97 Å². The van der Waals surface area contributed by atoms with Gasteiger partial charge in [0.25, 0.3) is 0 Å². The van der Waals surface area contributed by atoms with Gasteiger partial charge in [-0.3, -0.25) is 0 Å². The molecule has 1 aliphatic rings. The molecule has 5 heteroatoms. The van der Waals surface area contributed by atoms with E-state index in [1.807, 2.05) is 17.4 Å². The van der Waals surface area contributed by atoms with Gasteiger partial charge in [-0.25, -0.2) is 9.97 Å². The van der Waals surface area contributed by atoms with E-state index in [-0.39, 0.29) is 0 Å². The van der Waals surface area contributed by atoms with Gasteiger partial charge in [0.05, 0.1) is 6.04 Å². The maximum Gasteiger partial charge on any atom is 0.130 e. The molecule has 0 spiro atoms. The first kappa shape index (κ1) is 11.2. The molecule has 17 heavy (non-hydrogen) atoms. The highest BCUT2D eigenvalue weighted by Gasteiger charge is 2.21. The maximum atomic E-state index is 4.24. The number of aromatic nitrogens is 2. The van der Waals surface area contributed by atoms with E-state index in [0.29, 0.717) is 6.04 Å². The van der Waals surface area contributed by atoms with Crippen molar-refractivity contribution in [2.45, 2.75) is 25.3 Å². The molecule has 1 unspecified atom stereocenters. The molecule has 0 aliphatic heterocycles. The van der Waals surface area contributed by atoms with E-state index >= 15 is 0 Å². The van der Waals surface area contributed by atoms with Gasteiger partial charge in [-0.1, -0.05) is 0 Å². The summed E-state index contributed by atoms with van der Waals surface area (Å²) < 4.78 is 0.816. The second-order valence-corrected chi connectivity index (χ2v) is 5.93. The molecule has 0 radical (unpaired) electrons. The number of thiophene rings is 1. The van der Waals surface area contributed by atoms with Crippen LogP contribution in [0, 0.1) is 0 Å². The predicted octanol–water partition coefficient (Wildman–Crippen LogP) is 3.79. The molecule has 3 nitrogen and oxygen atoms in total. The van der Waals surface area contributed by atoms with Crippen molar-refractivity contribution in [1.29, 1.82) is 0 Å². The molecule has 0 aromatic carbocycles. The lowest BCUT2D eigenvalue weighted by Crippen LogP contribution is -2.16. The standard InChI is InChI=1S/C12H12BrN3S/c13-11-6-12(15-7-14-11)16-9-2-1-3-10-8(9)4-5-17-10/h4-7,9H,1-3H2,(H,14,15,16). The molecule has 0 saturated heterocycles. The van der Waals surface area contributed by atoms with Gasteiger partial charge >= 0.3 is 0 Å². The molecular weight excluding hydrogens is 298 g/mol. The van der Waals surface area contributed by atoms with E-state index in [1.54, 1.807) is 6.33 Å². The second kappa shape index (κ2) is 4.74. The fourth-order valence-electron chi connectivity index (χ4n) is 2.23. The Hall–Kier alpha value is -0.940. The Morgan fingerprint density at radius 3 is 3.24 bits per heavy atom. The lowest BCUT2D eigenvalue weighted by molar-refractivity contribution is 0.606. The maximum absolute atomic E-state index is 4.24. The van der Waals surface area contributed by atoms with Crippen LogP contribution >= 0.6 is 27.3 Å². The quantitative estimate of drug-likeness (QED) is 0.858. The Kier molecular flexibility index (Phi) is 3.11. The van der Waals surface area contributed by atoms with Crippen molar-refractivity contribution in [3.63, 3.8) is 0 Å². The summed E-state index contributed by atoms with van der Waals surface area (Å²) >= 11 is 5.22. The molecule has 1 atom stereocenters. The zero-order chi connectivity index (χ0) is 11.7. The van der Waals surface area contributed by atoms with Crippen LogP contribution < -0.4 is 5.32 Å². The van der Waals surface area contributed by atoms with Gasteiger partial charge in [0.1, 0.15) is 16.7 Å². The van der Waals surface area contributed by atoms with Crippen molar-refractivity contribution < 1.29 is 0 Å². The summed E-state index contributed by atoms with van der Waals surface area (Å²) in [5.41, 5.74) is 1.44. The average Bonchev–Trinajstić information content (AvgIpc) is 2.78. The zero-order valence-corrected chi connectivity index (χ0v) is 11.6. The number of hydrogen-bond acceptors (Lipinski definition) is 4. The lowest BCUT2D eigenvalue weighted by Gasteiger charge is -2.24. The van der Waals surface area contributed by atoms with E-state index < -0.39 is 0 Å². The van der Waals surface area contributed by atoms with E-state index in [4.69, 9.17) is 0 Å². The van der Waals surface area contributed by atoms with Gasteiger partial charge in [-0.05, 0) is 52.2 Å². The van der Waals surface area contributed by atoms with Crippen molar-refractivity contribution in [3.05, 3.63) is 38.9 Å².